The van der Waals surface area contributed by atoms with Gasteiger partial charge in [-0.1, -0.05) is 30.3 Å². The number of nitrogens with zero attached hydrogens (tertiary/aromatic N) is 1. The Balaban J connectivity index is 1.57. The van der Waals surface area contributed by atoms with Crippen LogP contribution in [0.15, 0.2) is 47.4 Å². The van der Waals surface area contributed by atoms with E-state index in [9.17, 15) is 9.59 Å². The molecule has 0 spiro atoms. The smallest absolute Gasteiger partial charge is 0.309 e. The molecule has 0 aromatic heterocycles. The van der Waals surface area contributed by atoms with E-state index >= 15 is 0 Å². The van der Waals surface area contributed by atoms with Crippen molar-refractivity contribution in [3.63, 3.8) is 0 Å². The minimum atomic E-state index is -0.143. The van der Waals surface area contributed by atoms with Gasteiger partial charge in [0.25, 0.3) is 0 Å². The fraction of sp³-hybridized carbons (Fsp3) is 0.429. The highest BCUT2D eigenvalue weighted by molar-refractivity contribution is 8.00. The fourth-order valence-corrected chi connectivity index (χ4v) is 4.35. The summed E-state index contributed by atoms with van der Waals surface area (Å²) >= 11 is 1.59. The molecule has 5 heteroatoms. The Kier molecular flexibility index (Phi) is 6.20. The first-order chi connectivity index (χ1) is 12.6. The van der Waals surface area contributed by atoms with Gasteiger partial charge in [0.2, 0.25) is 5.91 Å². The third-order valence-corrected chi connectivity index (χ3v) is 5.89. The lowest BCUT2D eigenvalue weighted by atomic mass is 9.97. The third-order valence-electron chi connectivity index (χ3n) is 4.81. The van der Waals surface area contributed by atoms with E-state index in [0.29, 0.717) is 32.5 Å². The van der Waals surface area contributed by atoms with Crippen molar-refractivity contribution in [2.75, 3.05) is 19.7 Å². The van der Waals surface area contributed by atoms with Crippen molar-refractivity contribution >= 4 is 34.4 Å². The van der Waals surface area contributed by atoms with Gasteiger partial charge in [0.1, 0.15) is 0 Å². The number of benzene rings is 2. The van der Waals surface area contributed by atoms with Crippen LogP contribution in [0.4, 0.5) is 0 Å². The predicted octanol–water partition coefficient (Wildman–Crippen LogP) is 4.12. The predicted molar refractivity (Wildman–Crippen MR) is 105 cm³/mol. The maximum absolute atomic E-state index is 12.8. The molecule has 26 heavy (non-hydrogen) atoms. The highest BCUT2D eigenvalue weighted by Crippen LogP contribution is 2.29. The molecule has 1 saturated heterocycles. The number of carbonyl (C=O) groups excluding carboxylic acids is 2. The number of thioether (sulfide) groups is 1. The monoisotopic (exact) mass is 371 g/mol. The van der Waals surface area contributed by atoms with Crippen LogP contribution in [0, 0.1) is 5.92 Å². The van der Waals surface area contributed by atoms with Gasteiger partial charge in [-0.05, 0) is 49.6 Å². The largest absolute Gasteiger partial charge is 0.466 e. The maximum Gasteiger partial charge on any atom is 0.309 e. The number of carbonyl (C=O) groups is 2. The van der Waals surface area contributed by atoms with Crippen molar-refractivity contribution < 1.29 is 14.3 Å². The number of hydrogen-bond donors (Lipinski definition) is 0. The second-order valence-electron chi connectivity index (χ2n) is 6.62. The average Bonchev–Trinajstić information content (AvgIpc) is 2.67. The zero-order valence-corrected chi connectivity index (χ0v) is 16.1. The molecule has 0 N–H and O–H groups in total. The summed E-state index contributed by atoms with van der Waals surface area (Å²) in [6, 6.07) is 14.5. The number of esters is 1. The second-order valence-corrected chi connectivity index (χ2v) is 8.03. The second kappa shape index (κ2) is 8.58. The van der Waals surface area contributed by atoms with Gasteiger partial charge in [-0.15, -0.1) is 11.8 Å². The van der Waals surface area contributed by atoms with E-state index in [0.717, 1.165) is 4.90 Å². The molecule has 0 aliphatic carbocycles. The molecule has 1 unspecified atom stereocenters. The molecule has 138 valence electrons. The summed E-state index contributed by atoms with van der Waals surface area (Å²) in [6.07, 6.45) is 1.38. The molecule has 1 amide bonds. The van der Waals surface area contributed by atoms with Gasteiger partial charge in [-0.25, -0.2) is 0 Å². The zero-order valence-electron chi connectivity index (χ0n) is 15.3. The first-order valence-corrected chi connectivity index (χ1v) is 10.1. The van der Waals surface area contributed by atoms with Crippen LogP contribution in [0.2, 0.25) is 0 Å². The maximum atomic E-state index is 12.8. The molecule has 2 aromatic carbocycles. The van der Waals surface area contributed by atoms with Gasteiger partial charge in [0, 0.05) is 18.0 Å². The van der Waals surface area contributed by atoms with Gasteiger partial charge >= 0.3 is 5.97 Å². The van der Waals surface area contributed by atoms with Gasteiger partial charge in [-0.3, -0.25) is 9.59 Å². The van der Waals surface area contributed by atoms with Gasteiger partial charge in [-0.2, -0.15) is 0 Å². The Labute approximate surface area is 158 Å². The third kappa shape index (κ3) is 4.39. The molecular formula is C21H25NO3S. The van der Waals surface area contributed by atoms with Crippen LogP contribution < -0.4 is 0 Å². The normalized spacial score (nSPS) is 16.5. The first-order valence-electron chi connectivity index (χ1n) is 9.19. The summed E-state index contributed by atoms with van der Waals surface area (Å²) in [5.74, 6) is -0.0499. The zero-order chi connectivity index (χ0) is 18.5. The molecule has 1 heterocycles. The van der Waals surface area contributed by atoms with E-state index in [1.54, 1.807) is 11.8 Å². The Morgan fingerprint density at radius 1 is 1.15 bits per heavy atom. The lowest BCUT2D eigenvalue weighted by Crippen LogP contribution is -2.43. The summed E-state index contributed by atoms with van der Waals surface area (Å²) < 4.78 is 5.09. The number of ether oxygens (including phenoxy) is 1. The van der Waals surface area contributed by atoms with Gasteiger partial charge in [0.15, 0.2) is 0 Å². The Morgan fingerprint density at radius 2 is 1.85 bits per heavy atom. The van der Waals surface area contributed by atoms with Crippen LogP contribution >= 0.6 is 11.8 Å². The van der Waals surface area contributed by atoms with Crippen molar-refractivity contribution in [1.82, 2.24) is 4.90 Å². The molecule has 0 saturated carbocycles. The minimum absolute atomic E-state index is 0.0672. The molecule has 0 bridgehead atoms. The molecule has 2 aromatic rings. The quantitative estimate of drug-likeness (QED) is 0.586. The summed E-state index contributed by atoms with van der Waals surface area (Å²) in [4.78, 5) is 27.6. The van der Waals surface area contributed by atoms with Crippen LogP contribution in [0.3, 0.4) is 0 Å². The van der Waals surface area contributed by atoms with Crippen LogP contribution in [0.5, 0.6) is 0 Å². The number of likely N-dealkylation sites (tertiary alicyclic amines) is 1. The van der Waals surface area contributed by atoms with E-state index < -0.39 is 0 Å². The molecule has 1 aliphatic rings. The summed E-state index contributed by atoms with van der Waals surface area (Å²) in [5, 5.41) is 2.25. The van der Waals surface area contributed by atoms with Crippen LogP contribution in [0.1, 0.15) is 26.7 Å². The topological polar surface area (TPSA) is 46.6 Å². The van der Waals surface area contributed by atoms with E-state index in [1.807, 2.05) is 30.9 Å². The summed E-state index contributed by atoms with van der Waals surface area (Å²) in [6.45, 7) is 5.45. The van der Waals surface area contributed by atoms with E-state index in [-0.39, 0.29) is 23.0 Å². The van der Waals surface area contributed by atoms with E-state index in [1.165, 1.54) is 10.8 Å². The van der Waals surface area contributed by atoms with Crippen LogP contribution in [0.25, 0.3) is 10.8 Å². The Bertz CT molecular complexity index is 784. The lowest BCUT2D eigenvalue weighted by Gasteiger charge is -2.32. The molecular weight excluding hydrogens is 346 g/mol. The van der Waals surface area contributed by atoms with Gasteiger partial charge < -0.3 is 9.64 Å². The number of amides is 1. The van der Waals surface area contributed by atoms with Crippen molar-refractivity contribution in [3.8, 4) is 0 Å². The van der Waals surface area contributed by atoms with E-state index in [2.05, 4.69) is 30.3 Å². The first kappa shape index (κ1) is 18.8. The highest BCUT2D eigenvalue weighted by atomic mass is 32.2. The molecule has 4 nitrogen and oxygen atoms in total. The number of piperidine rings is 1. The van der Waals surface area contributed by atoms with Crippen molar-refractivity contribution in [2.24, 2.45) is 5.92 Å². The average molecular weight is 372 g/mol. The van der Waals surface area contributed by atoms with Crippen molar-refractivity contribution in [1.29, 1.82) is 0 Å². The Morgan fingerprint density at radius 3 is 2.54 bits per heavy atom. The summed E-state index contributed by atoms with van der Waals surface area (Å²) in [5.41, 5.74) is 0. The lowest BCUT2D eigenvalue weighted by molar-refractivity contribution is -0.151. The molecule has 0 radical (unpaired) electrons. The number of rotatable bonds is 5. The minimum Gasteiger partial charge on any atom is -0.466 e. The molecule has 1 fully saturated rings. The highest BCUT2D eigenvalue weighted by Gasteiger charge is 2.30. The number of hydrogen-bond acceptors (Lipinski definition) is 4. The van der Waals surface area contributed by atoms with Crippen LogP contribution in [-0.4, -0.2) is 41.7 Å². The standard InChI is InChI=1S/C21H25NO3S/c1-3-25-21(24)17-10-12-22(13-11-17)20(23)15(2)26-19-9-8-16-6-4-5-7-18(16)14-19/h4-9,14-15,17H,3,10-13H2,1-2H3. The van der Waals surface area contributed by atoms with Crippen molar-refractivity contribution in [3.05, 3.63) is 42.5 Å². The molecule has 1 atom stereocenters. The number of fused-ring (bicyclic) bond motifs is 1. The van der Waals surface area contributed by atoms with E-state index in [4.69, 9.17) is 4.74 Å². The van der Waals surface area contributed by atoms with Crippen LogP contribution in [-0.2, 0) is 14.3 Å². The Hall–Kier alpha value is -2.01. The van der Waals surface area contributed by atoms with Crippen molar-refractivity contribution in [2.45, 2.75) is 36.8 Å². The fourth-order valence-electron chi connectivity index (χ4n) is 3.35. The summed E-state index contributed by atoms with van der Waals surface area (Å²) in [7, 11) is 0. The molecule has 3 rings (SSSR count). The molecule has 1 aliphatic heterocycles. The SMILES string of the molecule is CCOC(=O)C1CCN(C(=O)C(C)Sc2ccc3ccccc3c2)CC1. The van der Waals surface area contributed by atoms with Gasteiger partial charge in [0.05, 0.1) is 17.8 Å².